The van der Waals surface area contributed by atoms with Gasteiger partial charge in [-0.25, -0.2) is 5.01 Å². The lowest BCUT2D eigenvalue weighted by Crippen LogP contribution is -2.30. The second-order valence-electron chi connectivity index (χ2n) is 3.09. The van der Waals surface area contributed by atoms with Crippen LogP contribution < -0.4 is 5.84 Å². The highest BCUT2D eigenvalue weighted by molar-refractivity contribution is 4.68. The van der Waals surface area contributed by atoms with Gasteiger partial charge in [-0.2, -0.15) is 0 Å². The summed E-state index contributed by atoms with van der Waals surface area (Å²) in [5.41, 5.74) is 0. The highest BCUT2D eigenvalue weighted by Gasteiger charge is 2.14. The Morgan fingerprint density at radius 1 is 1.44 bits per heavy atom. The highest BCUT2D eigenvalue weighted by atomic mass is 15.4. The SMILES string of the molecule is CN(N)CC1CCCC1. The van der Waals surface area contributed by atoms with E-state index >= 15 is 0 Å². The average molecular weight is 128 g/mol. The molecular weight excluding hydrogens is 112 g/mol. The van der Waals surface area contributed by atoms with Crippen LogP contribution in [0.15, 0.2) is 0 Å². The molecule has 0 spiro atoms. The molecule has 0 amide bonds. The fourth-order valence-electron chi connectivity index (χ4n) is 1.60. The molecule has 1 aliphatic carbocycles. The normalized spacial score (nSPS) is 21.7. The quantitative estimate of drug-likeness (QED) is 0.444. The molecule has 54 valence electrons. The van der Waals surface area contributed by atoms with Crippen molar-refractivity contribution in [1.29, 1.82) is 0 Å². The predicted octanol–water partition coefficient (Wildman–Crippen LogP) is 0.982. The minimum Gasteiger partial charge on any atom is -0.269 e. The van der Waals surface area contributed by atoms with Crippen LogP contribution >= 0.6 is 0 Å². The molecule has 1 aliphatic rings. The van der Waals surface area contributed by atoms with Crippen molar-refractivity contribution in [1.82, 2.24) is 5.01 Å². The van der Waals surface area contributed by atoms with Crippen molar-refractivity contribution in [2.24, 2.45) is 11.8 Å². The van der Waals surface area contributed by atoms with Crippen LogP contribution in [0, 0.1) is 5.92 Å². The summed E-state index contributed by atoms with van der Waals surface area (Å²) >= 11 is 0. The van der Waals surface area contributed by atoms with Gasteiger partial charge in [-0.3, -0.25) is 5.84 Å². The van der Waals surface area contributed by atoms with E-state index in [1.165, 1.54) is 25.7 Å². The molecule has 0 saturated heterocycles. The molecule has 0 aromatic heterocycles. The van der Waals surface area contributed by atoms with E-state index in [9.17, 15) is 0 Å². The zero-order valence-electron chi connectivity index (χ0n) is 6.14. The van der Waals surface area contributed by atoms with Crippen LogP contribution in [0.25, 0.3) is 0 Å². The number of nitrogens with zero attached hydrogens (tertiary/aromatic N) is 1. The van der Waals surface area contributed by atoms with Gasteiger partial charge >= 0.3 is 0 Å². The molecular formula is C7H16N2. The van der Waals surface area contributed by atoms with Crippen molar-refractivity contribution in [2.75, 3.05) is 13.6 Å². The van der Waals surface area contributed by atoms with Gasteiger partial charge < -0.3 is 0 Å². The number of hydrogen-bond acceptors (Lipinski definition) is 2. The third-order valence-electron chi connectivity index (χ3n) is 2.02. The molecule has 0 aromatic rings. The summed E-state index contributed by atoms with van der Waals surface area (Å²) in [5, 5.41) is 1.80. The fraction of sp³-hybridized carbons (Fsp3) is 1.00. The largest absolute Gasteiger partial charge is 0.269 e. The number of hydrazine groups is 1. The Balaban J connectivity index is 2.11. The van der Waals surface area contributed by atoms with E-state index in [1.807, 2.05) is 7.05 Å². The molecule has 2 nitrogen and oxygen atoms in total. The van der Waals surface area contributed by atoms with E-state index in [-0.39, 0.29) is 0 Å². The first kappa shape index (κ1) is 7.03. The maximum Gasteiger partial charge on any atom is 0.0153 e. The van der Waals surface area contributed by atoms with Crippen molar-refractivity contribution in [3.05, 3.63) is 0 Å². The van der Waals surface area contributed by atoms with Crippen molar-refractivity contribution in [2.45, 2.75) is 25.7 Å². The standard InChI is InChI=1S/C7H16N2/c1-9(8)6-7-4-2-3-5-7/h7H,2-6,8H2,1H3. The lowest BCUT2D eigenvalue weighted by Gasteiger charge is -2.14. The Kier molecular flexibility index (Phi) is 2.49. The molecule has 0 atom stereocenters. The van der Waals surface area contributed by atoms with Crippen LogP contribution in [-0.4, -0.2) is 18.6 Å². The van der Waals surface area contributed by atoms with E-state index in [4.69, 9.17) is 5.84 Å². The Bertz CT molecular complexity index is 75.0. The van der Waals surface area contributed by atoms with Gasteiger partial charge in [0.15, 0.2) is 0 Å². The molecule has 0 heterocycles. The van der Waals surface area contributed by atoms with E-state index in [1.54, 1.807) is 5.01 Å². The first-order valence-electron chi connectivity index (χ1n) is 3.75. The molecule has 2 N–H and O–H groups in total. The molecule has 1 rings (SSSR count). The third-order valence-corrected chi connectivity index (χ3v) is 2.02. The summed E-state index contributed by atoms with van der Waals surface area (Å²) in [6.07, 6.45) is 5.61. The third kappa shape index (κ3) is 2.33. The maximum atomic E-state index is 5.51. The molecule has 9 heavy (non-hydrogen) atoms. The summed E-state index contributed by atoms with van der Waals surface area (Å²) in [4.78, 5) is 0. The molecule has 1 saturated carbocycles. The molecule has 0 unspecified atom stereocenters. The second kappa shape index (κ2) is 3.18. The van der Waals surface area contributed by atoms with Crippen LogP contribution in [0.2, 0.25) is 0 Å². The van der Waals surface area contributed by atoms with E-state index < -0.39 is 0 Å². The number of rotatable bonds is 2. The lowest BCUT2D eigenvalue weighted by molar-refractivity contribution is 0.287. The zero-order valence-corrected chi connectivity index (χ0v) is 6.14. The van der Waals surface area contributed by atoms with E-state index in [0.717, 1.165) is 12.5 Å². The van der Waals surface area contributed by atoms with Crippen molar-refractivity contribution in [3.63, 3.8) is 0 Å². The van der Waals surface area contributed by atoms with Gasteiger partial charge in [-0.05, 0) is 18.8 Å². The Morgan fingerprint density at radius 2 is 2.00 bits per heavy atom. The van der Waals surface area contributed by atoms with Crippen molar-refractivity contribution < 1.29 is 0 Å². The summed E-state index contributed by atoms with van der Waals surface area (Å²) in [7, 11) is 1.94. The van der Waals surface area contributed by atoms with Crippen LogP contribution in [0.3, 0.4) is 0 Å². The molecule has 0 aromatic carbocycles. The van der Waals surface area contributed by atoms with Gasteiger partial charge in [-0.1, -0.05) is 12.8 Å². The van der Waals surface area contributed by atoms with Crippen LogP contribution in [0.1, 0.15) is 25.7 Å². The van der Waals surface area contributed by atoms with E-state index in [2.05, 4.69) is 0 Å². The molecule has 0 aliphatic heterocycles. The second-order valence-corrected chi connectivity index (χ2v) is 3.09. The van der Waals surface area contributed by atoms with Crippen LogP contribution in [-0.2, 0) is 0 Å². The van der Waals surface area contributed by atoms with Crippen molar-refractivity contribution >= 4 is 0 Å². The minimum atomic E-state index is 0.889. The van der Waals surface area contributed by atoms with Gasteiger partial charge in [0.1, 0.15) is 0 Å². The monoisotopic (exact) mass is 128 g/mol. The summed E-state index contributed by atoms with van der Waals surface area (Å²) < 4.78 is 0. The van der Waals surface area contributed by atoms with Crippen LogP contribution in [0.4, 0.5) is 0 Å². The zero-order chi connectivity index (χ0) is 6.69. The predicted molar refractivity (Wildman–Crippen MR) is 38.8 cm³/mol. The number of nitrogens with two attached hydrogens (primary N) is 1. The Morgan fingerprint density at radius 3 is 2.44 bits per heavy atom. The molecule has 2 heteroatoms. The average Bonchev–Trinajstić information content (AvgIpc) is 2.15. The topological polar surface area (TPSA) is 29.3 Å². The smallest absolute Gasteiger partial charge is 0.0153 e. The van der Waals surface area contributed by atoms with Gasteiger partial charge in [0.25, 0.3) is 0 Å². The molecule has 0 bridgehead atoms. The first-order chi connectivity index (χ1) is 4.29. The van der Waals surface area contributed by atoms with Gasteiger partial charge in [0, 0.05) is 13.6 Å². The lowest BCUT2D eigenvalue weighted by atomic mass is 10.1. The Hall–Kier alpha value is -0.0800. The minimum absolute atomic E-state index is 0.889. The highest BCUT2D eigenvalue weighted by Crippen LogP contribution is 2.24. The molecule has 1 fully saturated rings. The first-order valence-corrected chi connectivity index (χ1v) is 3.75. The van der Waals surface area contributed by atoms with Crippen LogP contribution in [0.5, 0.6) is 0 Å². The fourth-order valence-corrected chi connectivity index (χ4v) is 1.60. The Labute approximate surface area is 57.0 Å². The number of hydrogen-bond donors (Lipinski definition) is 1. The molecule has 0 radical (unpaired) electrons. The van der Waals surface area contributed by atoms with Crippen molar-refractivity contribution in [3.8, 4) is 0 Å². The summed E-state index contributed by atoms with van der Waals surface area (Å²) in [6.45, 7) is 1.08. The van der Waals surface area contributed by atoms with Gasteiger partial charge in [0.2, 0.25) is 0 Å². The van der Waals surface area contributed by atoms with E-state index in [0.29, 0.717) is 0 Å². The summed E-state index contributed by atoms with van der Waals surface area (Å²) in [6, 6.07) is 0. The van der Waals surface area contributed by atoms with Gasteiger partial charge in [-0.15, -0.1) is 0 Å². The van der Waals surface area contributed by atoms with Gasteiger partial charge in [0.05, 0.1) is 0 Å². The summed E-state index contributed by atoms with van der Waals surface area (Å²) in [5.74, 6) is 6.39. The maximum absolute atomic E-state index is 5.51.